The molecule has 9 heteroatoms. The summed E-state index contributed by atoms with van der Waals surface area (Å²) in [5.74, 6) is 0.208. The number of aliphatic hydroxyl groups is 2. The lowest BCUT2D eigenvalue weighted by Crippen LogP contribution is -2.56. The zero-order valence-corrected chi connectivity index (χ0v) is 22.7. The lowest BCUT2D eigenvalue weighted by molar-refractivity contribution is -0.138. The average Bonchev–Trinajstić information content (AvgIpc) is 3.04. The Balaban J connectivity index is 1.43. The van der Waals surface area contributed by atoms with Crippen LogP contribution in [0.4, 0.5) is 10.1 Å². The summed E-state index contributed by atoms with van der Waals surface area (Å²) in [5, 5.41) is 23.2. The highest BCUT2D eigenvalue weighted by Crippen LogP contribution is 2.29. The fourth-order valence-corrected chi connectivity index (χ4v) is 5.32. The van der Waals surface area contributed by atoms with Crippen LogP contribution in [0.2, 0.25) is 0 Å². The number of halogens is 1. The van der Waals surface area contributed by atoms with Crippen molar-refractivity contribution >= 4 is 11.6 Å². The topological polar surface area (TPSA) is 85.7 Å². The second-order valence-electron chi connectivity index (χ2n) is 10.9. The minimum absolute atomic E-state index is 0.0134. The van der Waals surface area contributed by atoms with Crippen molar-refractivity contribution in [2.45, 2.75) is 37.9 Å². The molecule has 1 atom stereocenters. The maximum absolute atomic E-state index is 13.3. The second-order valence-corrected chi connectivity index (χ2v) is 10.9. The molecule has 2 aliphatic rings. The van der Waals surface area contributed by atoms with E-state index < -0.39 is 11.2 Å². The number of hydrogen-bond acceptors (Lipinski definition) is 7. The third kappa shape index (κ3) is 7.22. The summed E-state index contributed by atoms with van der Waals surface area (Å²) < 4.78 is 24.4. The van der Waals surface area contributed by atoms with Gasteiger partial charge in [0.2, 0.25) is 5.91 Å². The fraction of sp³-hybridized carbons (Fsp3) is 0.552. The van der Waals surface area contributed by atoms with Gasteiger partial charge in [0.15, 0.2) is 0 Å². The Hall–Kier alpha value is -2.72. The molecule has 0 aliphatic carbocycles. The number of methoxy groups -OCH3 is 1. The Morgan fingerprint density at radius 3 is 2.32 bits per heavy atom. The first kappa shape index (κ1) is 28.3. The van der Waals surface area contributed by atoms with Gasteiger partial charge in [0.05, 0.1) is 12.1 Å². The van der Waals surface area contributed by atoms with Crippen molar-refractivity contribution in [1.29, 1.82) is 0 Å². The number of aryl methyl sites for hydroxylation is 2. The zero-order valence-electron chi connectivity index (χ0n) is 22.7. The SMILES string of the molecule is COCC(=O)N1CCN(CC2(O)CCN(c3ccc(F)cc3)CC2)CC(O)(COc2ccc(C)c(C)c2)C1. The number of hydrogen-bond donors (Lipinski definition) is 2. The fourth-order valence-electron chi connectivity index (χ4n) is 5.32. The van der Waals surface area contributed by atoms with Crippen molar-refractivity contribution in [3.63, 3.8) is 0 Å². The number of carbonyl (C=O) groups excluding carboxylic acids is 1. The highest BCUT2D eigenvalue weighted by molar-refractivity contribution is 5.77. The molecule has 2 fully saturated rings. The molecule has 0 saturated carbocycles. The van der Waals surface area contributed by atoms with Crippen molar-refractivity contribution in [2.75, 3.05) is 71.0 Å². The van der Waals surface area contributed by atoms with E-state index in [0.717, 1.165) is 16.8 Å². The number of rotatable bonds is 8. The number of piperidine rings is 1. The quantitative estimate of drug-likeness (QED) is 0.543. The molecule has 2 heterocycles. The van der Waals surface area contributed by atoms with Crippen molar-refractivity contribution in [1.82, 2.24) is 9.80 Å². The van der Waals surface area contributed by atoms with Crippen LogP contribution in [-0.2, 0) is 9.53 Å². The number of ether oxygens (including phenoxy) is 2. The average molecular weight is 530 g/mol. The second kappa shape index (κ2) is 12.0. The van der Waals surface area contributed by atoms with Gasteiger partial charge in [0.25, 0.3) is 0 Å². The van der Waals surface area contributed by atoms with Crippen molar-refractivity contribution < 1.29 is 28.9 Å². The van der Waals surface area contributed by atoms with Crippen LogP contribution in [0.1, 0.15) is 24.0 Å². The van der Waals surface area contributed by atoms with Crippen LogP contribution in [0.25, 0.3) is 0 Å². The summed E-state index contributed by atoms with van der Waals surface area (Å²) in [4.78, 5) is 18.5. The molecule has 4 rings (SSSR count). The van der Waals surface area contributed by atoms with E-state index in [1.165, 1.54) is 19.2 Å². The smallest absolute Gasteiger partial charge is 0.248 e. The van der Waals surface area contributed by atoms with Crippen molar-refractivity contribution in [3.8, 4) is 5.75 Å². The normalized spacial score (nSPS) is 22.3. The van der Waals surface area contributed by atoms with E-state index in [2.05, 4.69) is 4.90 Å². The molecule has 2 aliphatic heterocycles. The third-order valence-electron chi connectivity index (χ3n) is 7.70. The minimum atomic E-state index is -1.33. The zero-order chi connectivity index (χ0) is 27.3. The summed E-state index contributed by atoms with van der Waals surface area (Å²) in [6, 6.07) is 12.2. The van der Waals surface area contributed by atoms with Crippen LogP contribution in [0.3, 0.4) is 0 Å². The first-order valence-corrected chi connectivity index (χ1v) is 13.2. The van der Waals surface area contributed by atoms with Crippen LogP contribution in [0, 0.1) is 19.7 Å². The molecule has 0 radical (unpaired) electrons. The van der Waals surface area contributed by atoms with Gasteiger partial charge in [-0.2, -0.15) is 0 Å². The Morgan fingerprint density at radius 1 is 0.947 bits per heavy atom. The van der Waals surface area contributed by atoms with Gasteiger partial charge in [0, 0.05) is 52.1 Å². The maximum Gasteiger partial charge on any atom is 0.248 e. The molecule has 0 spiro atoms. The number of anilines is 1. The maximum atomic E-state index is 13.3. The molecule has 2 N–H and O–H groups in total. The Kier molecular flexibility index (Phi) is 8.92. The van der Waals surface area contributed by atoms with Crippen LogP contribution >= 0.6 is 0 Å². The van der Waals surface area contributed by atoms with Crippen LogP contribution in [-0.4, -0.2) is 103 Å². The molecule has 2 saturated heterocycles. The number of carbonyl (C=O) groups is 1. The number of nitrogens with zero attached hydrogens (tertiary/aromatic N) is 3. The molecule has 0 bridgehead atoms. The molecule has 208 valence electrons. The number of benzene rings is 2. The van der Waals surface area contributed by atoms with Gasteiger partial charge in [-0.1, -0.05) is 6.07 Å². The summed E-state index contributed by atoms with van der Waals surface area (Å²) in [6.07, 6.45) is 1.09. The van der Waals surface area contributed by atoms with Gasteiger partial charge >= 0.3 is 0 Å². The molecule has 2 aromatic carbocycles. The molecular weight excluding hydrogens is 489 g/mol. The van der Waals surface area contributed by atoms with Gasteiger partial charge in [-0.05, 0) is 74.2 Å². The van der Waals surface area contributed by atoms with E-state index in [1.807, 2.05) is 36.9 Å². The van der Waals surface area contributed by atoms with E-state index >= 15 is 0 Å². The Labute approximate surface area is 224 Å². The Bertz CT molecular complexity index is 1090. The summed E-state index contributed by atoms with van der Waals surface area (Å²) in [6.45, 7) is 6.99. The van der Waals surface area contributed by atoms with Gasteiger partial charge in [-0.25, -0.2) is 4.39 Å². The molecule has 8 nitrogen and oxygen atoms in total. The van der Waals surface area contributed by atoms with E-state index in [4.69, 9.17) is 9.47 Å². The van der Waals surface area contributed by atoms with Crippen LogP contribution in [0.5, 0.6) is 5.75 Å². The van der Waals surface area contributed by atoms with Crippen molar-refractivity contribution in [3.05, 3.63) is 59.4 Å². The molecule has 1 amide bonds. The van der Waals surface area contributed by atoms with Crippen LogP contribution in [0.15, 0.2) is 42.5 Å². The number of amides is 1. The first-order valence-electron chi connectivity index (χ1n) is 13.2. The molecule has 2 aromatic rings. The van der Waals surface area contributed by atoms with Gasteiger partial charge < -0.3 is 29.5 Å². The molecule has 1 unspecified atom stereocenters. The minimum Gasteiger partial charge on any atom is -0.490 e. The standard InChI is InChI=1S/C29H40FN3O5/c1-22-4-9-26(16-23(22)2)38-21-29(36)19-31(14-15-33(20-29)27(34)17-37-3)18-28(35)10-12-32(13-11-28)25-7-5-24(30)6-8-25/h4-9,16,35-36H,10-15,17-21H2,1-3H3. The van der Waals surface area contributed by atoms with E-state index in [9.17, 15) is 19.4 Å². The van der Waals surface area contributed by atoms with E-state index in [1.54, 1.807) is 17.0 Å². The Morgan fingerprint density at radius 2 is 1.66 bits per heavy atom. The lowest BCUT2D eigenvalue weighted by Gasteiger charge is -2.42. The highest BCUT2D eigenvalue weighted by Gasteiger charge is 2.41. The number of β-amino-alcohol motifs (C(OH)–C–C–N with tert-alkyl or cyclic N) is 2. The van der Waals surface area contributed by atoms with Gasteiger partial charge in [0.1, 0.15) is 30.4 Å². The largest absolute Gasteiger partial charge is 0.490 e. The highest BCUT2D eigenvalue weighted by atomic mass is 19.1. The summed E-state index contributed by atoms with van der Waals surface area (Å²) >= 11 is 0. The predicted molar refractivity (Wildman–Crippen MR) is 144 cm³/mol. The molecule has 38 heavy (non-hydrogen) atoms. The van der Waals surface area contributed by atoms with E-state index in [-0.39, 0.29) is 38.0 Å². The van der Waals surface area contributed by atoms with Gasteiger partial charge in [-0.15, -0.1) is 0 Å². The predicted octanol–water partition coefficient (Wildman–Crippen LogP) is 2.37. The monoisotopic (exact) mass is 529 g/mol. The summed E-state index contributed by atoms with van der Waals surface area (Å²) in [7, 11) is 1.48. The molecule has 0 aromatic heterocycles. The lowest BCUT2D eigenvalue weighted by atomic mass is 9.90. The van der Waals surface area contributed by atoms with E-state index in [0.29, 0.717) is 51.3 Å². The van der Waals surface area contributed by atoms with Crippen molar-refractivity contribution in [2.24, 2.45) is 0 Å². The van der Waals surface area contributed by atoms with Gasteiger partial charge in [-0.3, -0.25) is 9.69 Å². The third-order valence-corrected chi connectivity index (χ3v) is 7.70. The molecular formula is C29H40FN3O5. The van der Waals surface area contributed by atoms with Crippen LogP contribution < -0.4 is 9.64 Å². The summed E-state index contributed by atoms with van der Waals surface area (Å²) in [5.41, 5.74) is 0.935. The first-order chi connectivity index (χ1) is 18.1.